The Labute approximate surface area is 679 Å². The van der Waals surface area contributed by atoms with E-state index in [0.29, 0.717) is 33.4 Å². The Kier molecular flexibility index (Phi) is 23.7. The predicted octanol–water partition coefficient (Wildman–Crippen LogP) is 21.2. The van der Waals surface area contributed by atoms with Gasteiger partial charge in [0.05, 0.1) is 36.1 Å². The number of esters is 2. The lowest BCUT2D eigenvalue weighted by Crippen LogP contribution is -2.16. The average Bonchev–Trinajstić information content (AvgIpc) is 0.683. The Morgan fingerprint density at radius 2 is 0.415 bits per heavy atom. The Bertz CT molecular complexity index is 5870. The highest BCUT2D eigenvalue weighted by atomic mass is 16.6. The van der Waals surface area contributed by atoms with Crippen molar-refractivity contribution in [3.8, 4) is 79.7 Å². The second kappa shape index (κ2) is 36.4. The van der Waals surface area contributed by atoms with Gasteiger partial charge in [0, 0.05) is 33.0 Å². The summed E-state index contributed by atoms with van der Waals surface area (Å²) < 4.78 is 97.6. The highest BCUT2D eigenvalue weighted by Crippen LogP contribution is 2.61. The van der Waals surface area contributed by atoms with Crippen LogP contribution < -0.4 is 58.6 Å². The van der Waals surface area contributed by atoms with Crippen molar-refractivity contribution in [1.29, 1.82) is 0 Å². The van der Waals surface area contributed by atoms with Crippen LogP contribution in [0.1, 0.15) is 76.4 Å². The molecule has 0 fully saturated rings. The summed E-state index contributed by atoms with van der Waals surface area (Å²) >= 11 is 0. The number of hydrogen-bond donors (Lipinski definition) is 0. The molecule has 0 radical (unpaired) electrons. The van der Waals surface area contributed by atoms with Gasteiger partial charge in [-0.15, -0.1) is 0 Å². The molecule has 0 saturated heterocycles. The van der Waals surface area contributed by atoms with Crippen molar-refractivity contribution < 1.29 is 75.3 Å². The summed E-state index contributed by atoms with van der Waals surface area (Å²) in [5.41, 5.74) is 3.08. The van der Waals surface area contributed by atoms with Gasteiger partial charge in [0.2, 0.25) is 23.0 Å². The van der Waals surface area contributed by atoms with Gasteiger partial charge >= 0.3 is 23.2 Å². The summed E-state index contributed by atoms with van der Waals surface area (Å²) in [7, 11) is 2.46. The van der Waals surface area contributed by atoms with Crippen LogP contribution in [-0.2, 0) is 75.5 Å². The van der Waals surface area contributed by atoms with E-state index in [4.69, 9.17) is 65.7 Å². The predicted molar refractivity (Wildman–Crippen MR) is 449 cm³/mol. The van der Waals surface area contributed by atoms with Crippen molar-refractivity contribution >= 4 is 44.6 Å². The molecule has 0 saturated carbocycles. The molecular formula is C100H78O18. The normalized spacial score (nSPS) is 11.1. The highest BCUT2D eigenvalue weighted by molar-refractivity contribution is 6.29. The fourth-order valence-electron chi connectivity index (χ4n) is 14.1. The largest absolute Gasteiger partial charge is 0.485 e. The molecule has 0 aliphatic heterocycles. The summed E-state index contributed by atoms with van der Waals surface area (Å²) in [5.74, 6) is -3.00. The van der Waals surface area contributed by atoms with Gasteiger partial charge in [-0.3, -0.25) is 0 Å². The standard InChI is InChI=1S/C100H78O18/c1-105-97(101)75-53-77(107-55-65-33-13-3-14-34-65)87(109-57-67-37-17-5-18-38-67)89(111-59-69-41-21-7-22-42-69)79(75)81-85-83-84-86(100(104)118-93(83)95(115-63-73-49-29-11-30-50-73)91(81)113-61-71-45-25-9-26-46-71)82(92(114-62-72-47-27-10-28-48-72)96(94(84)117-99(85)103)116-64-74-51-31-12-32-52-74)80-76(98(102)106-2)54-78(108-56-66-35-15-4-16-36-66)88(110-58-68-39-19-6-20-40-68)90(80)112-60-70-43-23-8-24-44-70/h3-54H,55-64H2,1-2H3. The summed E-state index contributed by atoms with van der Waals surface area (Å²) in [6.45, 7) is -1.45. The van der Waals surface area contributed by atoms with E-state index in [1.807, 2.05) is 303 Å². The quantitative estimate of drug-likeness (QED) is 0.0209. The number of hydrogen-bond acceptors (Lipinski definition) is 18. The van der Waals surface area contributed by atoms with Crippen molar-refractivity contribution in [3.05, 3.63) is 403 Å². The lowest BCUT2D eigenvalue weighted by molar-refractivity contribution is 0.0591. The first-order valence-electron chi connectivity index (χ1n) is 38.3. The van der Waals surface area contributed by atoms with Crippen LogP contribution in [0.4, 0.5) is 0 Å². The maximum Gasteiger partial charge on any atom is 0.345 e. The highest BCUT2D eigenvalue weighted by Gasteiger charge is 2.41. The van der Waals surface area contributed by atoms with Crippen LogP contribution in [0, 0.1) is 0 Å². The minimum absolute atomic E-state index is 0.0142. The van der Waals surface area contributed by atoms with E-state index < -0.39 is 23.2 Å². The SMILES string of the molecule is COC(=O)c1cc(OCc2ccccc2)c(OCc2ccccc2)c(OCc2ccccc2)c1-c1c(OCc2ccccc2)c(OCc2ccccc2)c2oc(=O)c3c(-c4c(C(=O)OC)cc(OCc5ccccc5)c(OCc5ccccc5)c4OCc4ccccc4)c(OCc4ccccc4)c(OCc4ccccc4)c4oc(=O)c1c2c43. The molecule has 16 rings (SSSR count). The van der Waals surface area contributed by atoms with E-state index in [2.05, 4.69) is 0 Å². The number of ether oxygens (including phenoxy) is 12. The zero-order valence-corrected chi connectivity index (χ0v) is 64.4. The Hall–Kier alpha value is -15.0. The van der Waals surface area contributed by atoms with E-state index in [1.54, 1.807) is 0 Å². The van der Waals surface area contributed by atoms with Crippen molar-refractivity contribution in [3.63, 3.8) is 0 Å². The van der Waals surface area contributed by atoms with Gasteiger partial charge in [0.1, 0.15) is 66.1 Å². The molecule has 18 heteroatoms. The molecule has 586 valence electrons. The molecule has 2 heterocycles. The monoisotopic (exact) mass is 1570 g/mol. The topological polar surface area (TPSA) is 205 Å². The molecule has 0 N–H and O–H groups in total. The molecule has 18 nitrogen and oxygen atoms in total. The number of benzene rings is 14. The molecule has 16 aromatic rings. The number of methoxy groups -OCH3 is 2. The van der Waals surface area contributed by atoms with Crippen molar-refractivity contribution in [2.24, 2.45) is 0 Å². The second-order valence-electron chi connectivity index (χ2n) is 27.6. The summed E-state index contributed by atoms with van der Waals surface area (Å²) in [6.07, 6.45) is 0. The molecule has 14 aromatic carbocycles. The number of carbonyl (C=O) groups is 2. The van der Waals surface area contributed by atoms with Crippen molar-refractivity contribution in [2.75, 3.05) is 14.2 Å². The lowest BCUT2D eigenvalue weighted by Gasteiger charge is -2.27. The molecule has 0 bridgehead atoms. The molecule has 0 atom stereocenters. The number of rotatable bonds is 34. The Morgan fingerprint density at radius 1 is 0.229 bits per heavy atom. The van der Waals surface area contributed by atoms with Crippen LogP contribution >= 0.6 is 0 Å². The number of carbonyl (C=O) groups excluding carboxylic acids is 2. The summed E-state index contributed by atoms with van der Waals surface area (Å²) in [6, 6.07) is 96.5. The van der Waals surface area contributed by atoms with Crippen molar-refractivity contribution in [2.45, 2.75) is 66.1 Å². The van der Waals surface area contributed by atoms with Gasteiger partial charge in [-0.25, -0.2) is 19.2 Å². The van der Waals surface area contributed by atoms with Gasteiger partial charge in [0.25, 0.3) is 0 Å². The third kappa shape index (κ3) is 17.1. The molecule has 0 aliphatic rings. The Balaban J connectivity index is 1.11. The van der Waals surface area contributed by atoms with Gasteiger partial charge in [0.15, 0.2) is 45.7 Å². The van der Waals surface area contributed by atoms with Crippen LogP contribution in [0.3, 0.4) is 0 Å². The molecule has 0 spiro atoms. The first-order valence-corrected chi connectivity index (χ1v) is 38.3. The van der Waals surface area contributed by atoms with Crippen LogP contribution in [0.2, 0.25) is 0 Å². The maximum absolute atomic E-state index is 17.2. The average molecular weight is 1570 g/mol. The van der Waals surface area contributed by atoms with Crippen LogP contribution in [0.5, 0.6) is 57.5 Å². The van der Waals surface area contributed by atoms with E-state index >= 15 is 19.2 Å². The van der Waals surface area contributed by atoms with Crippen molar-refractivity contribution in [1.82, 2.24) is 0 Å². The first-order chi connectivity index (χ1) is 58.1. The van der Waals surface area contributed by atoms with E-state index in [9.17, 15) is 0 Å². The maximum atomic E-state index is 17.2. The zero-order valence-electron chi connectivity index (χ0n) is 64.4. The third-order valence-electron chi connectivity index (χ3n) is 19.8. The minimum Gasteiger partial charge on any atom is -0.485 e. The van der Waals surface area contributed by atoms with Crippen LogP contribution in [0.15, 0.2) is 334 Å². The Morgan fingerprint density at radius 3 is 0.627 bits per heavy atom. The van der Waals surface area contributed by atoms with Crippen LogP contribution in [-0.4, -0.2) is 26.2 Å². The van der Waals surface area contributed by atoms with Crippen LogP contribution in [0.25, 0.3) is 55.0 Å². The molecule has 2 aromatic heterocycles. The fraction of sp³-hybridized carbons (Fsp3) is 0.120. The minimum atomic E-state index is -1.09. The van der Waals surface area contributed by atoms with Gasteiger partial charge < -0.3 is 65.7 Å². The summed E-state index contributed by atoms with van der Waals surface area (Å²) in [5, 5.41) is -0.975. The van der Waals surface area contributed by atoms with E-state index in [0.717, 1.165) is 22.3 Å². The first kappa shape index (κ1) is 76.9. The molecule has 0 unspecified atom stereocenters. The fourth-order valence-corrected chi connectivity index (χ4v) is 14.1. The third-order valence-corrected chi connectivity index (χ3v) is 19.8. The summed E-state index contributed by atoms with van der Waals surface area (Å²) in [4.78, 5) is 65.8. The van der Waals surface area contributed by atoms with E-state index in [1.165, 1.54) is 26.4 Å². The zero-order chi connectivity index (χ0) is 80.5. The molecule has 0 amide bonds. The molecular weight excluding hydrogens is 1490 g/mol. The lowest BCUT2D eigenvalue weighted by atomic mass is 9.87. The molecule has 0 aliphatic carbocycles. The smallest absolute Gasteiger partial charge is 0.345 e. The van der Waals surface area contributed by atoms with Gasteiger partial charge in [-0.05, 0) is 67.8 Å². The van der Waals surface area contributed by atoms with E-state index in [-0.39, 0.29) is 190 Å². The molecule has 118 heavy (non-hydrogen) atoms. The second-order valence-corrected chi connectivity index (χ2v) is 27.6. The van der Waals surface area contributed by atoms with Gasteiger partial charge in [-0.1, -0.05) is 303 Å². The van der Waals surface area contributed by atoms with Gasteiger partial charge in [-0.2, -0.15) is 0 Å².